The Bertz CT molecular complexity index is 554. The summed E-state index contributed by atoms with van der Waals surface area (Å²) in [5.41, 5.74) is -0.315. The molecule has 1 fully saturated rings. The third kappa shape index (κ3) is 2.12. The second kappa shape index (κ2) is 4.14. The van der Waals surface area contributed by atoms with Gasteiger partial charge >= 0.3 is 0 Å². The van der Waals surface area contributed by atoms with Gasteiger partial charge in [0.2, 0.25) is 11.2 Å². The van der Waals surface area contributed by atoms with E-state index in [1.165, 1.54) is 17.3 Å². The lowest BCUT2D eigenvalue weighted by molar-refractivity contribution is 0.265. The fourth-order valence-corrected chi connectivity index (χ4v) is 1.68. The van der Waals surface area contributed by atoms with Crippen LogP contribution in [0.1, 0.15) is 12.8 Å². The minimum atomic E-state index is -0.315. The van der Waals surface area contributed by atoms with Crippen molar-refractivity contribution in [3.63, 3.8) is 0 Å². The normalized spacial score (nSPS) is 16.6. The molecule has 1 aliphatic rings. The number of aromatic nitrogens is 6. The molecule has 0 radical (unpaired) electrons. The fraction of sp³-hybridized carbons (Fsp3) is 0.444. The zero-order valence-corrected chi connectivity index (χ0v) is 10.0. The van der Waals surface area contributed by atoms with E-state index in [9.17, 15) is 5.11 Å². The van der Waals surface area contributed by atoms with Gasteiger partial charge in [-0.1, -0.05) is 0 Å². The van der Waals surface area contributed by atoms with E-state index in [1.54, 1.807) is 0 Å². The van der Waals surface area contributed by atoms with Crippen molar-refractivity contribution in [2.75, 3.05) is 11.9 Å². The average Bonchev–Trinajstić information content (AvgIpc) is 2.92. The van der Waals surface area contributed by atoms with Crippen LogP contribution in [0, 0.1) is 0 Å². The summed E-state index contributed by atoms with van der Waals surface area (Å²) in [5.74, 6) is 0.607. The summed E-state index contributed by atoms with van der Waals surface area (Å²) in [5, 5.41) is 16.3. The Kier molecular flexibility index (Phi) is 2.60. The highest BCUT2D eigenvalue weighted by Gasteiger charge is 2.42. The SMILES string of the molecule is OCC1(Nc2nc(Cl)nc(-n3cncn3)n2)CC1. The topological polar surface area (TPSA) is 102 Å². The van der Waals surface area contributed by atoms with Crippen molar-refractivity contribution in [3.05, 3.63) is 17.9 Å². The van der Waals surface area contributed by atoms with Gasteiger partial charge in [0.1, 0.15) is 12.7 Å². The quantitative estimate of drug-likeness (QED) is 0.806. The molecule has 0 aromatic carbocycles. The number of rotatable bonds is 4. The van der Waals surface area contributed by atoms with Crippen molar-refractivity contribution in [2.24, 2.45) is 0 Å². The highest BCUT2D eigenvalue weighted by atomic mass is 35.5. The van der Waals surface area contributed by atoms with Gasteiger partial charge < -0.3 is 10.4 Å². The molecule has 0 unspecified atom stereocenters. The second-order valence-electron chi connectivity index (χ2n) is 4.13. The summed E-state index contributed by atoms with van der Waals surface area (Å²) in [4.78, 5) is 15.9. The molecule has 1 saturated carbocycles. The van der Waals surface area contributed by atoms with Gasteiger partial charge in [-0.15, -0.1) is 0 Å². The van der Waals surface area contributed by atoms with E-state index in [0.29, 0.717) is 5.95 Å². The molecule has 0 amide bonds. The first-order valence-corrected chi connectivity index (χ1v) is 5.74. The fourth-order valence-electron chi connectivity index (χ4n) is 1.52. The summed E-state index contributed by atoms with van der Waals surface area (Å²) in [7, 11) is 0. The van der Waals surface area contributed by atoms with Crippen LogP contribution in [-0.4, -0.2) is 47.0 Å². The number of nitrogens with one attached hydrogen (secondary N) is 1. The largest absolute Gasteiger partial charge is 0.394 e. The highest BCUT2D eigenvalue weighted by Crippen LogP contribution is 2.37. The van der Waals surface area contributed by atoms with E-state index in [1.807, 2.05) is 0 Å². The smallest absolute Gasteiger partial charge is 0.258 e. The van der Waals surface area contributed by atoms with Gasteiger partial charge in [0.25, 0.3) is 5.95 Å². The number of halogens is 1. The lowest BCUT2D eigenvalue weighted by Crippen LogP contribution is -2.27. The zero-order valence-electron chi connectivity index (χ0n) is 9.28. The Balaban J connectivity index is 1.91. The molecule has 18 heavy (non-hydrogen) atoms. The van der Waals surface area contributed by atoms with Gasteiger partial charge in [-0.25, -0.2) is 4.98 Å². The molecule has 94 valence electrons. The van der Waals surface area contributed by atoms with E-state index in [0.717, 1.165) is 12.8 Å². The Morgan fingerprint density at radius 1 is 1.39 bits per heavy atom. The van der Waals surface area contributed by atoms with E-state index in [4.69, 9.17) is 11.6 Å². The van der Waals surface area contributed by atoms with Crippen LogP contribution >= 0.6 is 11.6 Å². The lowest BCUT2D eigenvalue weighted by Gasteiger charge is -2.14. The molecule has 3 rings (SSSR count). The van der Waals surface area contributed by atoms with E-state index < -0.39 is 0 Å². The molecule has 2 aromatic heterocycles. The summed E-state index contributed by atoms with van der Waals surface area (Å²) in [6.45, 7) is 0.0367. The maximum absolute atomic E-state index is 9.25. The molecule has 0 atom stereocenters. The second-order valence-corrected chi connectivity index (χ2v) is 4.47. The van der Waals surface area contributed by atoms with Crippen LogP contribution in [0.3, 0.4) is 0 Å². The molecule has 2 heterocycles. The number of aliphatic hydroxyl groups is 1. The first kappa shape index (κ1) is 11.3. The van der Waals surface area contributed by atoms with Crippen molar-refractivity contribution in [3.8, 4) is 5.95 Å². The number of hydrogen-bond acceptors (Lipinski definition) is 7. The molecular formula is C9H10ClN7O. The van der Waals surface area contributed by atoms with Gasteiger partial charge in [-0.3, -0.25) is 0 Å². The van der Waals surface area contributed by atoms with Crippen LogP contribution in [0.5, 0.6) is 0 Å². The van der Waals surface area contributed by atoms with Gasteiger partial charge in [0.05, 0.1) is 12.1 Å². The molecule has 2 N–H and O–H groups in total. The summed E-state index contributed by atoms with van der Waals surface area (Å²) in [6.07, 6.45) is 4.60. The maximum atomic E-state index is 9.25. The van der Waals surface area contributed by atoms with Gasteiger partial charge in [-0.2, -0.15) is 24.7 Å². The van der Waals surface area contributed by atoms with Crippen molar-refractivity contribution >= 4 is 17.5 Å². The first-order chi connectivity index (χ1) is 8.71. The van der Waals surface area contributed by atoms with E-state index in [2.05, 4.69) is 30.4 Å². The van der Waals surface area contributed by atoms with Crippen molar-refractivity contribution in [1.29, 1.82) is 0 Å². The Hall–Kier alpha value is -1.80. The third-order valence-corrected chi connectivity index (χ3v) is 2.92. The maximum Gasteiger partial charge on any atom is 0.258 e. The van der Waals surface area contributed by atoms with Crippen molar-refractivity contribution in [2.45, 2.75) is 18.4 Å². The molecule has 2 aromatic rings. The van der Waals surface area contributed by atoms with Crippen LogP contribution in [0.4, 0.5) is 5.95 Å². The zero-order chi connectivity index (χ0) is 12.6. The minimum Gasteiger partial charge on any atom is -0.394 e. The first-order valence-electron chi connectivity index (χ1n) is 5.36. The number of hydrogen-bond donors (Lipinski definition) is 2. The van der Waals surface area contributed by atoms with Gasteiger partial charge in [0, 0.05) is 0 Å². The Morgan fingerprint density at radius 3 is 2.83 bits per heavy atom. The highest BCUT2D eigenvalue weighted by molar-refractivity contribution is 6.28. The van der Waals surface area contributed by atoms with Gasteiger partial charge in [0.15, 0.2) is 0 Å². The number of nitrogens with zero attached hydrogens (tertiary/aromatic N) is 6. The molecule has 1 aliphatic carbocycles. The lowest BCUT2D eigenvalue weighted by atomic mass is 10.3. The predicted molar refractivity (Wildman–Crippen MR) is 62.4 cm³/mol. The predicted octanol–water partition coefficient (Wildman–Crippen LogP) is 0.0425. The van der Waals surface area contributed by atoms with Crippen LogP contribution < -0.4 is 5.32 Å². The molecular weight excluding hydrogens is 258 g/mol. The van der Waals surface area contributed by atoms with Crippen LogP contribution in [0.25, 0.3) is 5.95 Å². The Labute approximate surface area is 107 Å². The standard InChI is InChI=1S/C9H10ClN7O/c10-6-13-7(16-9(3-18)1-2-9)15-8(14-6)17-5-11-4-12-17/h4-5,18H,1-3H2,(H,13,14,15,16). The number of anilines is 1. The molecule has 0 bridgehead atoms. The van der Waals surface area contributed by atoms with Gasteiger partial charge in [-0.05, 0) is 24.4 Å². The molecule has 0 aliphatic heterocycles. The number of aliphatic hydroxyl groups excluding tert-OH is 1. The average molecular weight is 268 g/mol. The van der Waals surface area contributed by atoms with E-state index >= 15 is 0 Å². The van der Waals surface area contributed by atoms with E-state index in [-0.39, 0.29) is 23.4 Å². The molecule has 0 spiro atoms. The molecule has 8 nitrogen and oxygen atoms in total. The Morgan fingerprint density at radius 2 is 2.22 bits per heavy atom. The molecule has 0 saturated heterocycles. The van der Waals surface area contributed by atoms with Crippen molar-refractivity contribution < 1.29 is 5.11 Å². The van der Waals surface area contributed by atoms with Crippen LogP contribution in [-0.2, 0) is 0 Å². The summed E-state index contributed by atoms with van der Waals surface area (Å²) >= 11 is 5.83. The van der Waals surface area contributed by atoms with Crippen molar-refractivity contribution in [1.82, 2.24) is 29.7 Å². The third-order valence-electron chi connectivity index (χ3n) is 2.75. The summed E-state index contributed by atoms with van der Waals surface area (Å²) in [6, 6.07) is 0. The minimum absolute atomic E-state index is 0.0367. The monoisotopic (exact) mass is 267 g/mol. The van der Waals surface area contributed by atoms with Crippen LogP contribution in [0.15, 0.2) is 12.7 Å². The van der Waals surface area contributed by atoms with Crippen LogP contribution in [0.2, 0.25) is 5.28 Å². The summed E-state index contributed by atoms with van der Waals surface area (Å²) < 4.78 is 1.39. The molecule has 9 heteroatoms.